The van der Waals surface area contributed by atoms with Crippen LogP contribution in [0.3, 0.4) is 0 Å². The molecule has 0 aliphatic carbocycles. The van der Waals surface area contributed by atoms with Crippen LogP contribution in [0.25, 0.3) is 6.08 Å². The molecule has 220 valence electrons. The van der Waals surface area contributed by atoms with Gasteiger partial charge in [0.15, 0.2) is 0 Å². The summed E-state index contributed by atoms with van der Waals surface area (Å²) in [4.78, 5) is 29.8. The van der Waals surface area contributed by atoms with Gasteiger partial charge in [-0.1, -0.05) is 80.4 Å². The van der Waals surface area contributed by atoms with E-state index < -0.39 is 5.97 Å². The van der Waals surface area contributed by atoms with E-state index >= 15 is 0 Å². The van der Waals surface area contributed by atoms with Crippen molar-refractivity contribution in [2.45, 2.75) is 41.5 Å². The minimum Gasteiger partial charge on any atom is -0.505 e. The Kier molecular flexibility index (Phi) is 49.9. The number of allylic oxidation sites excluding steroid dienone is 2. The second kappa shape index (κ2) is 40.8. The standard InChI is InChI=1S/C9H10.C5H8O2.2C4H6O2.C4H8.C3H6O.C3H6/c1-3-9-6-4-8(2)5-7-9;1-4(2)5(6)7-3;1-3-4(5)6-2;1-3-6-4(2)5;1-4(2)3;1-3-4-2;1-3-2/h3-7H,1H2,2H3;1H2,2-3H3;2*3H,1H2,2H3;1H2,2-3H3;3H,1H2,2H3;3H,1H2,2H3. The summed E-state index contributed by atoms with van der Waals surface area (Å²) < 4.78 is 16.9. The van der Waals surface area contributed by atoms with Crippen LogP contribution in [0.4, 0.5) is 0 Å². The van der Waals surface area contributed by atoms with E-state index in [1.807, 2.05) is 26.8 Å². The predicted octanol–water partition coefficient (Wildman–Crippen LogP) is 7.96. The minimum absolute atomic E-state index is 0.329. The normalized spacial score (nSPS) is 7.10. The maximum Gasteiger partial charge on any atom is 0.332 e. The molecule has 1 aromatic rings. The van der Waals surface area contributed by atoms with E-state index in [1.54, 1.807) is 20.1 Å². The highest BCUT2D eigenvalue weighted by atomic mass is 16.5. The highest BCUT2D eigenvalue weighted by molar-refractivity contribution is 5.86. The molecule has 0 saturated heterocycles. The van der Waals surface area contributed by atoms with Crippen LogP contribution in [-0.4, -0.2) is 39.2 Å². The van der Waals surface area contributed by atoms with Crippen molar-refractivity contribution in [2.24, 2.45) is 0 Å². The first-order valence-electron chi connectivity index (χ1n) is 11.4. The van der Waals surface area contributed by atoms with Crippen LogP contribution >= 0.6 is 0 Å². The number of carbonyl (C=O) groups is 3. The molecular formula is C32H50O7. The Morgan fingerprint density at radius 2 is 1.15 bits per heavy atom. The molecule has 0 fully saturated rings. The summed E-state index contributed by atoms with van der Waals surface area (Å²) in [7, 11) is 4.20. The Hall–Kier alpha value is -4.39. The molecule has 0 saturated carbocycles. The fourth-order valence-electron chi connectivity index (χ4n) is 1.08. The fraction of sp³-hybridized carbons (Fsp3) is 0.281. The number of methoxy groups -OCH3 is 3. The van der Waals surface area contributed by atoms with Crippen LogP contribution in [0.1, 0.15) is 45.7 Å². The Balaban J connectivity index is -0.0000000839. The zero-order valence-electron chi connectivity index (χ0n) is 25.5. The van der Waals surface area contributed by atoms with Crippen molar-refractivity contribution in [3.05, 3.63) is 117 Å². The third-order valence-corrected chi connectivity index (χ3v) is 2.63. The lowest BCUT2D eigenvalue weighted by Crippen LogP contribution is -1.98. The van der Waals surface area contributed by atoms with Gasteiger partial charge < -0.3 is 18.9 Å². The van der Waals surface area contributed by atoms with Gasteiger partial charge in [-0.3, -0.25) is 4.79 Å². The van der Waals surface area contributed by atoms with Gasteiger partial charge >= 0.3 is 17.9 Å². The van der Waals surface area contributed by atoms with Gasteiger partial charge in [-0.25, -0.2) is 9.59 Å². The van der Waals surface area contributed by atoms with Gasteiger partial charge in [0.2, 0.25) is 0 Å². The summed E-state index contributed by atoms with van der Waals surface area (Å²) in [6.07, 6.45) is 7.18. The maximum atomic E-state index is 10.2. The SMILES string of the molecule is C=C(C)C.C=C(C)C(=O)OC.C=CC.C=CC(=O)OC.C=COC.C=COC(C)=O.C=Cc1ccc(C)cc1. The summed E-state index contributed by atoms with van der Waals surface area (Å²) in [5.41, 5.74) is 4.07. The molecule has 0 aromatic heterocycles. The Labute approximate surface area is 237 Å². The van der Waals surface area contributed by atoms with Gasteiger partial charge in [0.25, 0.3) is 0 Å². The largest absolute Gasteiger partial charge is 0.505 e. The first-order valence-corrected chi connectivity index (χ1v) is 11.4. The number of hydrogen-bond acceptors (Lipinski definition) is 7. The smallest absolute Gasteiger partial charge is 0.332 e. The summed E-state index contributed by atoms with van der Waals surface area (Å²) in [6, 6.07) is 8.28. The van der Waals surface area contributed by atoms with E-state index in [1.165, 1.54) is 44.1 Å². The Morgan fingerprint density at radius 1 is 0.769 bits per heavy atom. The average Bonchev–Trinajstić information content (AvgIpc) is 2.89. The zero-order valence-corrected chi connectivity index (χ0v) is 25.5. The summed E-state index contributed by atoms with van der Waals surface area (Å²) in [6.45, 7) is 34.3. The quantitative estimate of drug-likeness (QED) is 0.122. The highest BCUT2D eigenvalue weighted by Crippen LogP contribution is 2.02. The third kappa shape index (κ3) is 71.9. The second-order valence-corrected chi connectivity index (χ2v) is 6.91. The second-order valence-electron chi connectivity index (χ2n) is 6.91. The number of ether oxygens (including phenoxy) is 4. The zero-order chi connectivity index (χ0) is 32.2. The molecular weight excluding hydrogens is 496 g/mol. The lowest BCUT2D eigenvalue weighted by Gasteiger charge is -1.91. The maximum absolute atomic E-state index is 10.2. The molecule has 0 heterocycles. The average molecular weight is 547 g/mol. The van der Waals surface area contributed by atoms with Gasteiger partial charge in [0.05, 0.1) is 33.9 Å². The van der Waals surface area contributed by atoms with E-state index in [9.17, 15) is 14.4 Å². The molecule has 1 rings (SSSR count). The van der Waals surface area contributed by atoms with Crippen molar-refractivity contribution in [3.8, 4) is 0 Å². The number of hydrogen-bond donors (Lipinski definition) is 0. The minimum atomic E-state index is -0.394. The Bertz CT molecular complexity index is 829. The monoisotopic (exact) mass is 546 g/mol. The molecule has 0 atom stereocenters. The van der Waals surface area contributed by atoms with Gasteiger partial charge in [-0.2, -0.15) is 0 Å². The van der Waals surface area contributed by atoms with Crippen LogP contribution < -0.4 is 0 Å². The van der Waals surface area contributed by atoms with Gasteiger partial charge in [0.1, 0.15) is 0 Å². The summed E-state index contributed by atoms with van der Waals surface area (Å²) in [5, 5.41) is 0. The lowest BCUT2D eigenvalue weighted by atomic mass is 10.2. The molecule has 0 radical (unpaired) electrons. The molecule has 0 bridgehead atoms. The first kappa shape index (κ1) is 47.8. The van der Waals surface area contributed by atoms with E-state index in [2.05, 4.69) is 96.2 Å². The molecule has 0 unspecified atom stereocenters. The molecule has 0 aliphatic heterocycles. The van der Waals surface area contributed by atoms with Gasteiger partial charge in [-0.05, 0) is 40.2 Å². The number of aryl methyl sites for hydroxylation is 1. The highest BCUT2D eigenvalue weighted by Gasteiger charge is 1.95. The van der Waals surface area contributed by atoms with Crippen LogP contribution in [0, 0.1) is 6.92 Å². The lowest BCUT2D eigenvalue weighted by molar-refractivity contribution is -0.136. The van der Waals surface area contributed by atoms with Crippen molar-refractivity contribution in [1.29, 1.82) is 0 Å². The van der Waals surface area contributed by atoms with Crippen molar-refractivity contribution in [3.63, 3.8) is 0 Å². The third-order valence-electron chi connectivity index (χ3n) is 2.63. The molecule has 7 heteroatoms. The van der Waals surface area contributed by atoms with E-state index in [-0.39, 0.29) is 11.9 Å². The van der Waals surface area contributed by atoms with E-state index in [0.717, 1.165) is 12.3 Å². The van der Waals surface area contributed by atoms with E-state index in [4.69, 9.17) is 0 Å². The Morgan fingerprint density at radius 3 is 1.26 bits per heavy atom. The topological polar surface area (TPSA) is 88.1 Å². The van der Waals surface area contributed by atoms with Crippen molar-refractivity contribution in [2.75, 3.05) is 21.3 Å². The number of benzene rings is 1. The molecule has 0 spiro atoms. The predicted molar refractivity (Wildman–Crippen MR) is 166 cm³/mol. The number of carbonyl (C=O) groups excluding carboxylic acids is 3. The van der Waals surface area contributed by atoms with Gasteiger partial charge in [-0.15, -0.1) is 13.2 Å². The van der Waals surface area contributed by atoms with Crippen LogP contribution in [-0.2, 0) is 33.3 Å². The van der Waals surface area contributed by atoms with E-state index in [0.29, 0.717) is 5.57 Å². The van der Waals surface area contributed by atoms with Crippen LogP contribution in [0.2, 0.25) is 0 Å². The van der Waals surface area contributed by atoms with Crippen LogP contribution in [0.15, 0.2) is 106 Å². The van der Waals surface area contributed by atoms with Crippen molar-refractivity contribution in [1.82, 2.24) is 0 Å². The molecule has 0 N–H and O–H groups in total. The molecule has 7 nitrogen and oxygen atoms in total. The fourth-order valence-corrected chi connectivity index (χ4v) is 1.08. The number of rotatable bonds is 5. The first-order chi connectivity index (χ1) is 18.1. The summed E-state index contributed by atoms with van der Waals surface area (Å²) >= 11 is 0. The van der Waals surface area contributed by atoms with Crippen molar-refractivity contribution >= 4 is 24.0 Å². The number of esters is 3. The molecule has 0 aliphatic rings. The molecule has 0 amide bonds. The van der Waals surface area contributed by atoms with Gasteiger partial charge in [0, 0.05) is 18.6 Å². The molecule has 1 aromatic carbocycles. The summed E-state index contributed by atoms with van der Waals surface area (Å²) in [5.74, 6) is -1.07. The van der Waals surface area contributed by atoms with Crippen LogP contribution in [0.5, 0.6) is 0 Å². The van der Waals surface area contributed by atoms with Crippen molar-refractivity contribution < 1.29 is 33.3 Å². The molecule has 39 heavy (non-hydrogen) atoms.